The zero-order valence-corrected chi connectivity index (χ0v) is 7.21. The molecule has 0 aliphatic heterocycles. The van der Waals surface area contributed by atoms with E-state index in [1.807, 2.05) is 0 Å². The van der Waals surface area contributed by atoms with Gasteiger partial charge < -0.3 is 9.47 Å². The Morgan fingerprint density at radius 3 is 2.45 bits per heavy atom. The molecule has 0 aromatic carbocycles. The first-order valence-corrected chi connectivity index (χ1v) is 4.26. The smallest absolute Gasteiger partial charge is 0.146 e. The molecule has 0 bridgehead atoms. The van der Waals surface area contributed by atoms with Crippen molar-refractivity contribution in [3.63, 3.8) is 0 Å². The van der Waals surface area contributed by atoms with Gasteiger partial charge in [-0.25, -0.2) is 0 Å². The van der Waals surface area contributed by atoms with E-state index in [4.69, 9.17) is 9.47 Å². The molecule has 0 spiro atoms. The lowest BCUT2D eigenvalue weighted by Crippen LogP contribution is -2.21. The Balaban J connectivity index is 2.07. The SMILES string of the molecule is [CH2]C1CCC(OCOC)CC1. The Kier molecular flexibility index (Phi) is 3.87. The Hall–Kier alpha value is -0.0800. The fourth-order valence-corrected chi connectivity index (χ4v) is 1.46. The third-order valence-electron chi connectivity index (χ3n) is 2.22. The minimum absolute atomic E-state index is 0.424. The predicted octanol–water partition coefficient (Wildman–Crippen LogP) is 2.00. The van der Waals surface area contributed by atoms with E-state index in [1.54, 1.807) is 7.11 Å². The van der Waals surface area contributed by atoms with Gasteiger partial charge >= 0.3 is 0 Å². The molecular formula is C9H17O2. The van der Waals surface area contributed by atoms with E-state index in [0.717, 1.165) is 12.8 Å². The largest absolute Gasteiger partial charge is 0.359 e. The topological polar surface area (TPSA) is 18.5 Å². The van der Waals surface area contributed by atoms with Gasteiger partial charge in [-0.2, -0.15) is 0 Å². The van der Waals surface area contributed by atoms with Crippen LogP contribution in [0.4, 0.5) is 0 Å². The van der Waals surface area contributed by atoms with Gasteiger partial charge in [0.05, 0.1) is 6.10 Å². The van der Waals surface area contributed by atoms with Crippen molar-refractivity contribution in [2.45, 2.75) is 31.8 Å². The van der Waals surface area contributed by atoms with Crippen molar-refractivity contribution in [3.05, 3.63) is 6.92 Å². The van der Waals surface area contributed by atoms with Crippen molar-refractivity contribution in [2.75, 3.05) is 13.9 Å². The van der Waals surface area contributed by atoms with Crippen LogP contribution in [0.5, 0.6) is 0 Å². The Morgan fingerprint density at radius 1 is 1.27 bits per heavy atom. The molecule has 2 heteroatoms. The van der Waals surface area contributed by atoms with Crippen LogP contribution in [0.1, 0.15) is 25.7 Å². The van der Waals surface area contributed by atoms with E-state index in [2.05, 4.69) is 6.92 Å². The van der Waals surface area contributed by atoms with Gasteiger partial charge in [0.1, 0.15) is 6.79 Å². The van der Waals surface area contributed by atoms with Crippen molar-refractivity contribution in [2.24, 2.45) is 5.92 Å². The zero-order valence-electron chi connectivity index (χ0n) is 7.21. The highest BCUT2D eigenvalue weighted by Crippen LogP contribution is 2.24. The van der Waals surface area contributed by atoms with Gasteiger partial charge in [-0.1, -0.05) is 6.92 Å². The maximum atomic E-state index is 5.43. The summed E-state index contributed by atoms with van der Waals surface area (Å²) in [4.78, 5) is 0. The molecule has 0 N–H and O–H groups in total. The number of hydrogen-bond donors (Lipinski definition) is 0. The molecule has 65 valence electrons. The lowest BCUT2D eigenvalue weighted by Gasteiger charge is -2.25. The van der Waals surface area contributed by atoms with Crippen LogP contribution in [-0.2, 0) is 9.47 Å². The molecule has 0 aromatic rings. The number of hydrogen-bond acceptors (Lipinski definition) is 2. The Labute approximate surface area is 68.9 Å². The summed E-state index contributed by atoms with van der Waals surface area (Å²) in [5.74, 6) is 0.650. The molecule has 0 atom stereocenters. The molecule has 0 heterocycles. The van der Waals surface area contributed by atoms with E-state index in [1.165, 1.54) is 12.8 Å². The van der Waals surface area contributed by atoms with Crippen LogP contribution in [0.3, 0.4) is 0 Å². The first-order valence-electron chi connectivity index (χ1n) is 4.26. The number of rotatable bonds is 3. The molecule has 1 saturated carbocycles. The highest BCUT2D eigenvalue weighted by Gasteiger charge is 2.17. The minimum Gasteiger partial charge on any atom is -0.359 e. The van der Waals surface area contributed by atoms with Crippen LogP contribution in [0.25, 0.3) is 0 Å². The third-order valence-corrected chi connectivity index (χ3v) is 2.22. The van der Waals surface area contributed by atoms with Crippen LogP contribution >= 0.6 is 0 Å². The second-order valence-corrected chi connectivity index (χ2v) is 3.22. The molecule has 1 aliphatic rings. The molecule has 0 aromatic heterocycles. The van der Waals surface area contributed by atoms with Crippen LogP contribution in [0.15, 0.2) is 0 Å². The summed E-state index contributed by atoms with van der Waals surface area (Å²) in [6, 6.07) is 0. The van der Waals surface area contributed by atoms with E-state index in [9.17, 15) is 0 Å². The van der Waals surface area contributed by atoms with E-state index in [0.29, 0.717) is 18.8 Å². The van der Waals surface area contributed by atoms with Crippen molar-refractivity contribution >= 4 is 0 Å². The van der Waals surface area contributed by atoms with Gasteiger partial charge in [0, 0.05) is 7.11 Å². The summed E-state index contributed by atoms with van der Waals surface area (Å²) in [7, 11) is 1.66. The molecule has 1 aliphatic carbocycles. The molecule has 0 amide bonds. The summed E-state index contributed by atoms with van der Waals surface area (Å²) in [6.07, 6.45) is 5.13. The van der Waals surface area contributed by atoms with Crippen molar-refractivity contribution in [1.82, 2.24) is 0 Å². The Morgan fingerprint density at radius 2 is 1.91 bits per heavy atom. The average molecular weight is 157 g/mol. The fraction of sp³-hybridized carbons (Fsp3) is 0.889. The molecule has 11 heavy (non-hydrogen) atoms. The normalized spacial score (nSPS) is 32.2. The molecule has 2 nitrogen and oxygen atoms in total. The van der Waals surface area contributed by atoms with Gasteiger partial charge in [0.15, 0.2) is 0 Å². The highest BCUT2D eigenvalue weighted by atomic mass is 16.7. The monoisotopic (exact) mass is 157 g/mol. The molecule has 1 rings (SSSR count). The summed E-state index contributed by atoms with van der Waals surface area (Å²) in [5.41, 5.74) is 0. The second-order valence-electron chi connectivity index (χ2n) is 3.22. The molecular weight excluding hydrogens is 140 g/mol. The summed E-state index contributed by atoms with van der Waals surface area (Å²) in [6.45, 7) is 4.46. The highest BCUT2D eigenvalue weighted by molar-refractivity contribution is 4.73. The summed E-state index contributed by atoms with van der Waals surface area (Å²) in [5, 5.41) is 0. The van der Waals surface area contributed by atoms with Gasteiger partial charge in [-0.3, -0.25) is 0 Å². The molecule has 0 unspecified atom stereocenters. The maximum absolute atomic E-state index is 5.43. The van der Waals surface area contributed by atoms with E-state index < -0.39 is 0 Å². The fourth-order valence-electron chi connectivity index (χ4n) is 1.46. The van der Waals surface area contributed by atoms with E-state index >= 15 is 0 Å². The lowest BCUT2D eigenvalue weighted by molar-refractivity contribution is -0.0843. The van der Waals surface area contributed by atoms with E-state index in [-0.39, 0.29) is 0 Å². The average Bonchev–Trinajstić information content (AvgIpc) is 2.04. The molecule has 0 saturated heterocycles. The predicted molar refractivity (Wildman–Crippen MR) is 44.1 cm³/mol. The maximum Gasteiger partial charge on any atom is 0.146 e. The molecule has 1 radical (unpaired) electrons. The Bertz CT molecular complexity index is 93.0. The number of methoxy groups -OCH3 is 1. The zero-order chi connectivity index (χ0) is 8.10. The summed E-state index contributed by atoms with van der Waals surface area (Å²) < 4.78 is 10.3. The van der Waals surface area contributed by atoms with Gasteiger partial charge in [0.2, 0.25) is 0 Å². The summed E-state index contributed by atoms with van der Waals surface area (Å²) >= 11 is 0. The standard InChI is InChI=1S/C9H17O2/c1-8-3-5-9(6-4-8)11-7-10-2/h8-9H,1,3-7H2,2H3. The first kappa shape index (κ1) is 9.01. The first-order chi connectivity index (χ1) is 5.33. The van der Waals surface area contributed by atoms with Crippen molar-refractivity contribution < 1.29 is 9.47 Å². The molecule has 1 fully saturated rings. The van der Waals surface area contributed by atoms with Crippen LogP contribution in [-0.4, -0.2) is 20.0 Å². The van der Waals surface area contributed by atoms with Crippen LogP contribution < -0.4 is 0 Å². The minimum atomic E-state index is 0.424. The van der Waals surface area contributed by atoms with Gasteiger partial charge in [-0.05, 0) is 31.6 Å². The number of ether oxygens (including phenoxy) is 2. The van der Waals surface area contributed by atoms with Crippen LogP contribution in [0, 0.1) is 12.8 Å². The van der Waals surface area contributed by atoms with Crippen LogP contribution in [0.2, 0.25) is 0 Å². The van der Waals surface area contributed by atoms with Crippen molar-refractivity contribution in [3.8, 4) is 0 Å². The second kappa shape index (κ2) is 4.73. The third kappa shape index (κ3) is 3.21. The van der Waals surface area contributed by atoms with Gasteiger partial charge in [0.25, 0.3) is 0 Å². The van der Waals surface area contributed by atoms with Gasteiger partial charge in [-0.15, -0.1) is 0 Å². The quantitative estimate of drug-likeness (QED) is 0.583. The lowest BCUT2D eigenvalue weighted by atomic mass is 9.89. The van der Waals surface area contributed by atoms with Crippen molar-refractivity contribution in [1.29, 1.82) is 0 Å².